The molecule has 1 aliphatic rings. The van der Waals surface area contributed by atoms with Crippen LogP contribution in [0.2, 0.25) is 0 Å². The van der Waals surface area contributed by atoms with Gasteiger partial charge < -0.3 is 10.2 Å². The molecule has 0 aromatic heterocycles. The van der Waals surface area contributed by atoms with Gasteiger partial charge in [0.25, 0.3) is 0 Å². The zero-order valence-electron chi connectivity index (χ0n) is 11.6. The van der Waals surface area contributed by atoms with Gasteiger partial charge in [-0.15, -0.1) is 0 Å². The van der Waals surface area contributed by atoms with Crippen LogP contribution >= 0.6 is 0 Å². The summed E-state index contributed by atoms with van der Waals surface area (Å²) in [4.78, 5) is 2.43. The molecule has 1 atom stereocenters. The van der Waals surface area contributed by atoms with Gasteiger partial charge in [-0.2, -0.15) is 0 Å². The van der Waals surface area contributed by atoms with Crippen molar-refractivity contribution < 1.29 is 10.2 Å². The summed E-state index contributed by atoms with van der Waals surface area (Å²) in [5.74, 6) is 0. The van der Waals surface area contributed by atoms with Gasteiger partial charge in [-0.3, -0.25) is 4.90 Å². The Morgan fingerprint density at radius 3 is 2.42 bits per heavy atom. The quantitative estimate of drug-likeness (QED) is 0.792. The summed E-state index contributed by atoms with van der Waals surface area (Å²) in [5.41, 5.74) is 2.92. The first-order chi connectivity index (χ1) is 9.36. The van der Waals surface area contributed by atoms with Crippen LogP contribution < -0.4 is 0 Å². The van der Waals surface area contributed by atoms with Gasteiger partial charge in [0, 0.05) is 32.3 Å². The summed E-state index contributed by atoms with van der Waals surface area (Å²) in [5, 5.41) is 18.1. The third kappa shape index (κ3) is 3.78. The predicted molar refractivity (Wildman–Crippen MR) is 77.1 cm³/mol. The van der Waals surface area contributed by atoms with Crippen LogP contribution in [0.15, 0.2) is 24.3 Å². The van der Waals surface area contributed by atoms with Gasteiger partial charge in [-0.05, 0) is 43.2 Å². The second-order valence-corrected chi connectivity index (χ2v) is 5.30. The van der Waals surface area contributed by atoms with E-state index in [0.717, 1.165) is 25.9 Å². The molecular formula is C16H25NO2. The molecular weight excluding hydrogens is 238 g/mol. The van der Waals surface area contributed by atoms with E-state index in [4.69, 9.17) is 10.2 Å². The molecule has 1 aromatic carbocycles. The first kappa shape index (κ1) is 14.5. The minimum atomic E-state index is 0.240. The summed E-state index contributed by atoms with van der Waals surface area (Å²) in [6, 6.07) is 9.17. The largest absolute Gasteiger partial charge is 0.396 e. The first-order valence-electron chi connectivity index (χ1n) is 7.40. The summed E-state index contributed by atoms with van der Waals surface area (Å²) < 4.78 is 0. The lowest BCUT2D eigenvalue weighted by Crippen LogP contribution is -2.33. The van der Waals surface area contributed by atoms with Crippen molar-refractivity contribution in [3.05, 3.63) is 35.4 Å². The maximum Gasteiger partial charge on any atom is 0.0443 e. The van der Waals surface area contributed by atoms with Crippen molar-refractivity contribution in [2.75, 3.05) is 26.3 Å². The fourth-order valence-corrected chi connectivity index (χ4v) is 3.08. The standard InChI is InChI=1S/C16H25NO2/c18-12-4-10-17(11-5-13-19)16-9-3-7-14-6-1-2-8-15(14)16/h1-2,6,8,16,18-19H,3-5,7,9-13H2. The van der Waals surface area contributed by atoms with E-state index in [-0.39, 0.29) is 13.2 Å². The summed E-state index contributed by atoms with van der Waals surface area (Å²) in [6.45, 7) is 2.30. The fourth-order valence-electron chi connectivity index (χ4n) is 3.08. The summed E-state index contributed by atoms with van der Waals surface area (Å²) >= 11 is 0. The number of fused-ring (bicyclic) bond motifs is 1. The molecule has 2 rings (SSSR count). The second-order valence-electron chi connectivity index (χ2n) is 5.30. The van der Waals surface area contributed by atoms with Crippen molar-refractivity contribution >= 4 is 0 Å². The van der Waals surface area contributed by atoms with Crippen molar-refractivity contribution in [3.8, 4) is 0 Å². The van der Waals surface area contributed by atoms with Crippen LogP contribution in [-0.2, 0) is 6.42 Å². The Morgan fingerprint density at radius 1 is 1.05 bits per heavy atom. The fraction of sp³-hybridized carbons (Fsp3) is 0.625. The molecule has 19 heavy (non-hydrogen) atoms. The number of hydrogen-bond acceptors (Lipinski definition) is 3. The smallest absolute Gasteiger partial charge is 0.0443 e. The highest BCUT2D eigenvalue weighted by atomic mass is 16.3. The van der Waals surface area contributed by atoms with Crippen LogP contribution in [0.4, 0.5) is 0 Å². The van der Waals surface area contributed by atoms with E-state index in [0.29, 0.717) is 6.04 Å². The topological polar surface area (TPSA) is 43.7 Å². The third-order valence-corrected chi connectivity index (χ3v) is 3.99. The predicted octanol–water partition coefficient (Wildman–Crippen LogP) is 2.13. The molecule has 1 aromatic rings. The molecule has 0 fully saturated rings. The Kier molecular flexibility index (Phi) is 5.83. The normalized spacial score (nSPS) is 18.6. The SMILES string of the molecule is OCCCN(CCCO)C1CCCc2ccccc21. The van der Waals surface area contributed by atoms with Crippen molar-refractivity contribution in [3.63, 3.8) is 0 Å². The molecule has 0 saturated heterocycles. The molecule has 106 valence electrons. The summed E-state index contributed by atoms with van der Waals surface area (Å²) in [6.07, 6.45) is 5.22. The molecule has 0 heterocycles. The number of rotatable bonds is 7. The van der Waals surface area contributed by atoms with Gasteiger partial charge in [-0.25, -0.2) is 0 Å². The molecule has 1 aliphatic carbocycles. The highest BCUT2D eigenvalue weighted by molar-refractivity contribution is 5.32. The molecule has 2 N–H and O–H groups in total. The molecule has 0 amide bonds. The Bertz CT molecular complexity index is 373. The van der Waals surface area contributed by atoms with Crippen molar-refractivity contribution in [2.24, 2.45) is 0 Å². The average Bonchev–Trinajstić information content (AvgIpc) is 2.47. The Hall–Kier alpha value is -0.900. The maximum atomic E-state index is 9.06. The number of nitrogens with zero attached hydrogens (tertiary/aromatic N) is 1. The maximum absolute atomic E-state index is 9.06. The van der Waals surface area contributed by atoms with E-state index in [1.807, 2.05) is 0 Å². The number of aliphatic hydroxyl groups is 2. The Labute approximate surface area is 115 Å². The Balaban J connectivity index is 2.12. The van der Waals surface area contributed by atoms with Gasteiger partial charge in [0.1, 0.15) is 0 Å². The van der Waals surface area contributed by atoms with Gasteiger partial charge in [0.05, 0.1) is 0 Å². The number of aliphatic hydroxyl groups excluding tert-OH is 2. The van der Waals surface area contributed by atoms with Crippen LogP contribution in [0.5, 0.6) is 0 Å². The highest BCUT2D eigenvalue weighted by Gasteiger charge is 2.24. The van der Waals surface area contributed by atoms with Crippen LogP contribution in [0.25, 0.3) is 0 Å². The molecule has 3 heteroatoms. The van der Waals surface area contributed by atoms with Gasteiger partial charge >= 0.3 is 0 Å². The molecule has 0 saturated carbocycles. The van der Waals surface area contributed by atoms with E-state index in [9.17, 15) is 0 Å². The van der Waals surface area contributed by atoms with Gasteiger partial charge in [0.15, 0.2) is 0 Å². The van der Waals surface area contributed by atoms with E-state index in [1.54, 1.807) is 0 Å². The first-order valence-corrected chi connectivity index (χ1v) is 7.40. The third-order valence-electron chi connectivity index (χ3n) is 3.99. The lowest BCUT2D eigenvalue weighted by molar-refractivity contribution is 0.145. The van der Waals surface area contributed by atoms with Crippen molar-refractivity contribution in [2.45, 2.75) is 38.1 Å². The molecule has 0 radical (unpaired) electrons. The van der Waals surface area contributed by atoms with Crippen molar-refractivity contribution in [1.82, 2.24) is 4.90 Å². The molecule has 0 aliphatic heterocycles. The minimum absolute atomic E-state index is 0.240. The highest BCUT2D eigenvalue weighted by Crippen LogP contribution is 2.34. The molecule has 0 bridgehead atoms. The Morgan fingerprint density at radius 2 is 1.74 bits per heavy atom. The van der Waals surface area contributed by atoms with Gasteiger partial charge in [0.2, 0.25) is 0 Å². The monoisotopic (exact) mass is 263 g/mol. The van der Waals surface area contributed by atoms with Crippen LogP contribution in [0.3, 0.4) is 0 Å². The van der Waals surface area contributed by atoms with Crippen LogP contribution in [0.1, 0.15) is 42.9 Å². The number of hydrogen-bond donors (Lipinski definition) is 2. The van der Waals surface area contributed by atoms with E-state index in [2.05, 4.69) is 29.2 Å². The van der Waals surface area contributed by atoms with E-state index < -0.39 is 0 Å². The molecule has 1 unspecified atom stereocenters. The lowest BCUT2D eigenvalue weighted by atomic mass is 9.86. The summed E-state index contributed by atoms with van der Waals surface area (Å²) in [7, 11) is 0. The van der Waals surface area contributed by atoms with Crippen LogP contribution in [0, 0.1) is 0 Å². The second kappa shape index (κ2) is 7.63. The van der Waals surface area contributed by atoms with Crippen LogP contribution in [-0.4, -0.2) is 41.4 Å². The number of benzene rings is 1. The molecule has 0 spiro atoms. The van der Waals surface area contributed by atoms with Gasteiger partial charge in [-0.1, -0.05) is 24.3 Å². The average molecular weight is 263 g/mol. The molecule has 3 nitrogen and oxygen atoms in total. The zero-order valence-corrected chi connectivity index (χ0v) is 11.6. The van der Waals surface area contributed by atoms with E-state index in [1.165, 1.54) is 30.4 Å². The minimum Gasteiger partial charge on any atom is -0.396 e. The lowest BCUT2D eigenvalue weighted by Gasteiger charge is -2.36. The van der Waals surface area contributed by atoms with Crippen molar-refractivity contribution in [1.29, 1.82) is 0 Å². The zero-order chi connectivity index (χ0) is 13.5. The number of aryl methyl sites for hydroxylation is 1. The van der Waals surface area contributed by atoms with E-state index >= 15 is 0 Å².